The van der Waals surface area contributed by atoms with Gasteiger partial charge in [0.15, 0.2) is 0 Å². The van der Waals surface area contributed by atoms with Crippen molar-refractivity contribution in [2.45, 2.75) is 43.9 Å². The monoisotopic (exact) mass is 386 g/mol. The summed E-state index contributed by atoms with van der Waals surface area (Å²) in [6.07, 6.45) is 3.11. The van der Waals surface area contributed by atoms with Gasteiger partial charge in [0.1, 0.15) is 0 Å². The molecule has 1 amide bonds. The van der Waals surface area contributed by atoms with Gasteiger partial charge in [-0.25, -0.2) is 8.42 Å². The SMILES string of the molecule is CC(C)c1ccc(S(=O)(=O)Nc2ccccc2C(=O)N2CCCCC2)cc1. The summed E-state index contributed by atoms with van der Waals surface area (Å²) in [5.41, 5.74) is 1.79. The molecule has 1 fully saturated rings. The Labute approximate surface area is 161 Å². The first-order valence-corrected chi connectivity index (χ1v) is 10.9. The second-order valence-electron chi connectivity index (χ2n) is 7.23. The molecule has 144 valence electrons. The molecular formula is C21H26N2O3S. The van der Waals surface area contributed by atoms with E-state index < -0.39 is 10.0 Å². The summed E-state index contributed by atoms with van der Waals surface area (Å²) in [5.74, 6) is 0.209. The van der Waals surface area contributed by atoms with Crippen LogP contribution in [0, 0.1) is 0 Å². The summed E-state index contributed by atoms with van der Waals surface area (Å²) in [4.78, 5) is 14.8. The molecule has 0 saturated carbocycles. The van der Waals surface area contributed by atoms with Crippen LogP contribution in [-0.4, -0.2) is 32.3 Å². The molecule has 2 aromatic carbocycles. The number of para-hydroxylation sites is 1. The van der Waals surface area contributed by atoms with Crippen molar-refractivity contribution in [1.29, 1.82) is 0 Å². The Morgan fingerprint density at radius 1 is 0.963 bits per heavy atom. The number of benzene rings is 2. The predicted molar refractivity (Wildman–Crippen MR) is 108 cm³/mol. The van der Waals surface area contributed by atoms with Crippen molar-refractivity contribution in [3.63, 3.8) is 0 Å². The Hall–Kier alpha value is -2.34. The van der Waals surface area contributed by atoms with E-state index in [0.717, 1.165) is 37.9 Å². The Morgan fingerprint density at radius 2 is 1.59 bits per heavy atom. The van der Waals surface area contributed by atoms with Crippen LogP contribution in [0.1, 0.15) is 54.9 Å². The topological polar surface area (TPSA) is 66.5 Å². The molecule has 0 unspecified atom stereocenters. The van der Waals surface area contributed by atoms with Crippen LogP contribution in [-0.2, 0) is 10.0 Å². The summed E-state index contributed by atoms with van der Waals surface area (Å²) in [6, 6.07) is 13.7. The van der Waals surface area contributed by atoms with Crippen molar-refractivity contribution in [2.24, 2.45) is 0 Å². The van der Waals surface area contributed by atoms with E-state index in [9.17, 15) is 13.2 Å². The highest BCUT2D eigenvalue weighted by molar-refractivity contribution is 7.92. The number of hydrogen-bond donors (Lipinski definition) is 1. The van der Waals surface area contributed by atoms with Crippen LogP contribution in [0.15, 0.2) is 53.4 Å². The third kappa shape index (κ3) is 4.50. The molecule has 6 heteroatoms. The zero-order chi connectivity index (χ0) is 19.4. The number of nitrogens with zero attached hydrogens (tertiary/aromatic N) is 1. The number of sulfonamides is 1. The lowest BCUT2D eigenvalue weighted by Gasteiger charge is -2.27. The molecule has 0 spiro atoms. The number of carbonyl (C=O) groups is 1. The zero-order valence-corrected chi connectivity index (χ0v) is 16.6. The van der Waals surface area contributed by atoms with Crippen molar-refractivity contribution >= 4 is 21.6 Å². The second-order valence-corrected chi connectivity index (χ2v) is 8.91. The minimum atomic E-state index is -3.76. The highest BCUT2D eigenvalue weighted by atomic mass is 32.2. The van der Waals surface area contributed by atoms with Gasteiger partial charge in [-0.15, -0.1) is 0 Å². The molecule has 27 heavy (non-hydrogen) atoms. The van der Waals surface area contributed by atoms with E-state index in [4.69, 9.17) is 0 Å². The molecule has 5 nitrogen and oxygen atoms in total. The van der Waals surface area contributed by atoms with E-state index in [1.165, 1.54) is 0 Å². The highest BCUT2D eigenvalue weighted by Gasteiger charge is 2.23. The molecule has 2 aromatic rings. The lowest BCUT2D eigenvalue weighted by Crippen LogP contribution is -2.36. The minimum absolute atomic E-state index is 0.122. The van der Waals surface area contributed by atoms with E-state index in [2.05, 4.69) is 18.6 Å². The van der Waals surface area contributed by atoms with Gasteiger partial charge in [-0.1, -0.05) is 38.1 Å². The molecule has 0 aliphatic carbocycles. The summed E-state index contributed by atoms with van der Waals surface area (Å²) in [6.45, 7) is 5.56. The molecule has 0 aromatic heterocycles. The summed E-state index contributed by atoms with van der Waals surface area (Å²) in [5, 5.41) is 0. The average Bonchev–Trinajstić information content (AvgIpc) is 2.68. The lowest BCUT2D eigenvalue weighted by atomic mass is 10.0. The largest absolute Gasteiger partial charge is 0.339 e. The van der Waals surface area contributed by atoms with E-state index in [1.54, 1.807) is 41.3 Å². The van der Waals surface area contributed by atoms with Gasteiger partial charge in [0, 0.05) is 13.1 Å². The molecule has 1 heterocycles. The Bertz CT molecular complexity index is 899. The van der Waals surface area contributed by atoms with Gasteiger partial charge in [0.25, 0.3) is 15.9 Å². The molecule has 0 bridgehead atoms. The Balaban J connectivity index is 1.85. The maximum absolute atomic E-state index is 12.9. The standard InChI is InChI=1S/C21H26N2O3S/c1-16(2)17-10-12-18(13-11-17)27(25,26)22-20-9-5-4-8-19(20)21(24)23-14-6-3-7-15-23/h4-5,8-13,16,22H,3,6-7,14-15H2,1-2H3. The Kier molecular flexibility index (Phi) is 5.85. The lowest BCUT2D eigenvalue weighted by molar-refractivity contribution is 0.0725. The van der Waals surface area contributed by atoms with Gasteiger partial charge in [-0.3, -0.25) is 9.52 Å². The normalized spacial score (nSPS) is 15.0. The fourth-order valence-electron chi connectivity index (χ4n) is 3.26. The van der Waals surface area contributed by atoms with Gasteiger partial charge in [0.05, 0.1) is 16.1 Å². The van der Waals surface area contributed by atoms with Crippen LogP contribution in [0.25, 0.3) is 0 Å². The van der Waals surface area contributed by atoms with Gasteiger partial charge in [-0.2, -0.15) is 0 Å². The van der Waals surface area contributed by atoms with Crippen molar-refractivity contribution in [2.75, 3.05) is 17.8 Å². The average molecular weight is 387 g/mol. The molecule has 0 atom stereocenters. The molecule has 1 saturated heterocycles. The van der Waals surface area contributed by atoms with Crippen molar-refractivity contribution in [3.8, 4) is 0 Å². The number of carbonyl (C=O) groups excluding carboxylic acids is 1. The molecule has 0 radical (unpaired) electrons. The second kappa shape index (κ2) is 8.13. The van der Waals surface area contributed by atoms with E-state index in [-0.39, 0.29) is 10.8 Å². The fourth-order valence-corrected chi connectivity index (χ4v) is 4.34. The number of rotatable bonds is 5. The van der Waals surface area contributed by atoms with Crippen molar-refractivity contribution < 1.29 is 13.2 Å². The molecule has 1 aliphatic rings. The quantitative estimate of drug-likeness (QED) is 0.836. The van der Waals surface area contributed by atoms with E-state index >= 15 is 0 Å². The van der Waals surface area contributed by atoms with Crippen LogP contribution in [0.2, 0.25) is 0 Å². The maximum Gasteiger partial charge on any atom is 0.261 e. The molecular weight excluding hydrogens is 360 g/mol. The van der Waals surface area contributed by atoms with Crippen molar-refractivity contribution in [1.82, 2.24) is 4.90 Å². The van der Waals surface area contributed by atoms with Gasteiger partial charge in [-0.05, 0) is 55.0 Å². The smallest absolute Gasteiger partial charge is 0.261 e. The molecule has 1 aliphatic heterocycles. The third-order valence-corrected chi connectivity index (χ3v) is 6.28. The van der Waals surface area contributed by atoms with Gasteiger partial charge < -0.3 is 4.90 Å². The molecule has 1 N–H and O–H groups in total. The van der Waals surface area contributed by atoms with E-state index in [1.807, 2.05) is 12.1 Å². The minimum Gasteiger partial charge on any atom is -0.339 e. The van der Waals surface area contributed by atoms with Crippen LogP contribution in [0.3, 0.4) is 0 Å². The number of hydrogen-bond acceptors (Lipinski definition) is 3. The van der Waals surface area contributed by atoms with E-state index in [0.29, 0.717) is 17.2 Å². The van der Waals surface area contributed by atoms with Gasteiger partial charge >= 0.3 is 0 Å². The summed E-state index contributed by atoms with van der Waals surface area (Å²) < 4.78 is 28.2. The predicted octanol–water partition coefficient (Wildman–Crippen LogP) is 4.24. The number of amides is 1. The van der Waals surface area contributed by atoms with Crippen LogP contribution >= 0.6 is 0 Å². The maximum atomic E-state index is 12.9. The first kappa shape index (κ1) is 19.4. The highest BCUT2D eigenvalue weighted by Crippen LogP contribution is 2.24. The summed E-state index contributed by atoms with van der Waals surface area (Å²) >= 11 is 0. The number of likely N-dealkylation sites (tertiary alicyclic amines) is 1. The number of piperidine rings is 1. The first-order valence-electron chi connectivity index (χ1n) is 9.39. The van der Waals surface area contributed by atoms with Crippen LogP contribution < -0.4 is 4.72 Å². The van der Waals surface area contributed by atoms with Crippen molar-refractivity contribution in [3.05, 3.63) is 59.7 Å². The third-order valence-electron chi connectivity index (χ3n) is 4.90. The fraction of sp³-hybridized carbons (Fsp3) is 0.381. The number of nitrogens with one attached hydrogen (secondary N) is 1. The molecule has 3 rings (SSSR count). The van der Waals surface area contributed by atoms with Crippen LogP contribution in [0.4, 0.5) is 5.69 Å². The number of anilines is 1. The van der Waals surface area contributed by atoms with Crippen LogP contribution in [0.5, 0.6) is 0 Å². The first-order chi connectivity index (χ1) is 12.9. The summed E-state index contributed by atoms with van der Waals surface area (Å²) in [7, 11) is -3.76. The zero-order valence-electron chi connectivity index (χ0n) is 15.8. The van der Waals surface area contributed by atoms with Gasteiger partial charge in [0.2, 0.25) is 0 Å². The Morgan fingerprint density at radius 3 is 2.22 bits per heavy atom.